The van der Waals surface area contributed by atoms with Crippen LogP contribution in [0.4, 0.5) is 0 Å². The molecule has 1 aromatic rings. The van der Waals surface area contributed by atoms with Gasteiger partial charge in [-0.2, -0.15) is 0 Å². The van der Waals surface area contributed by atoms with Crippen LogP contribution in [0.1, 0.15) is 51.5 Å². The summed E-state index contributed by atoms with van der Waals surface area (Å²) in [5, 5.41) is 0. The molecule has 3 unspecified atom stereocenters. The lowest BCUT2D eigenvalue weighted by atomic mass is 9.71. The number of hydrogen-bond acceptors (Lipinski definition) is 1. The van der Waals surface area contributed by atoms with Gasteiger partial charge < -0.3 is 0 Å². The van der Waals surface area contributed by atoms with E-state index in [2.05, 4.69) is 44.0 Å². The second-order valence-corrected chi connectivity index (χ2v) is 6.71. The van der Waals surface area contributed by atoms with Gasteiger partial charge in [0, 0.05) is 12.4 Å². The molecule has 18 heavy (non-hydrogen) atoms. The molecule has 0 aromatic carbocycles. The van der Waals surface area contributed by atoms with Gasteiger partial charge in [0.05, 0.1) is 0 Å². The Morgan fingerprint density at radius 1 is 1.22 bits per heavy atom. The first kappa shape index (κ1) is 12.0. The van der Waals surface area contributed by atoms with E-state index in [1.54, 1.807) is 5.57 Å². The van der Waals surface area contributed by atoms with E-state index >= 15 is 0 Å². The second-order valence-electron chi connectivity index (χ2n) is 6.71. The molecule has 0 saturated heterocycles. The van der Waals surface area contributed by atoms with E-state index in [0.717, 1.165) is 11.8 Å². The zero-order valence-corrected chi connectivity index (χ0v) is 11.7. The van der Waals surface area contributed by atoms with Crippen LogP contribution in [-0.2, 0) is 0 Å². The van der Waals surface area contributed by atoms with Crippen molar-refractivity contribution in [3.63, 3.8) is 0 Å². The van der Waals surface area contributed by atoms with E-state index in [9.17, 15) is 0 Å². The molecule has 0 radical (unpaired) electrons. The molecule has 2 aliphatic carbocycles. The molecule has 1 heteroatoms. The van der Waals surface area contributed by atoms with Crippen molar-refractivity contribution in [3.8, 4) is 0 Å². The quantitative estimate of drug-likeness (QED) is 0.656. The molecule has 3 atom stereocenters. The maximum absolute atomic E-state index is 4.16. The molecule has 1 saturated carbocycles. The monoisotopic (exact) mass is 241 g/mol. The predicted octanol–water partition coefficient (Wildman–Crippen LogP) is 4.57. The summed E-state index contributed by atoms with van der Waals surface area (Å²) in [6, 6.07) is 4.43. The van der Waals surface area contributed by atoms with Crippen molar-refractivity contribution >= 4 is 0 Å². The van der Waals surface area contributed by atoms with Crippen molar-refractivity contribution in [1.29, 1.82) is 0 Å². The third-order valence-corrected chi connectivity index (χ3v) is 5.00. The average Bonchev–Trinajstić information content (AvgIpc) is 2.61. The maximum Gasteiger partial charge on any atom is 0.0270 e. The van der Waals surface area contributed by atoms with Gasteiger partial charge in [0.1, 0.15) is 0 Å². The Bertz CT molecular complexity index is 458. The Kier molecular flexibility index (Phi) is 2.80. The summed E-state index contributed by atoms with van der Waals surface area (Å²) in [5.74, 6) is 2.28. The molecule has 1 heterocycles. The van der Waals surface area contributed by atoms with Crippen molar-refractivity contribution in [2.45, 2.75) is 46.0 Å². The summed E-state index contributed by atoms with van der Waals surface area (Å²) in [6.45, 7) is 7.28. The zero-order chi connectivity index (χ0) is 12.8. The van der Waals surface area contributed by atoms with Crippen LogP contribution < -0.4 is 0 Å². The van der Waals surface area contributed by atoms with Gasteiger partial charge in [-0.1, -0.05) is 32.4 Å². The third-order valence-electron chi connectivity index (χ3n) is 5.00. The van der Waals surface area contributed by atoms with Crippen molar-refractivity contribution in [3.05, 3.63) is 41.7 Å². The summed E-state index contributed by atoms with van der Waals surface area (Å²) >= 11 is 0. The Hall–Kier alpha value is -1.11. The standard InChI is InChI=1S/C17H23N/c1-12-11-17(2,3)15-6-4-5-14(16(12)15)13-7-9-18-10-8-13/h6-10,12,14,16H,4-5,11H2,1-3H3. The molecule has 0 aliphatic heterocycles. The summed E-state index contributed by atoms with van der Waals surface area (Å²) in [6.07, 6.45) is 10.3. The molecule has 2 aliphatic rings. The lowest BCUT2D eigenvalue weighted by molar-refractivity contribution is 0.355. The molecule has 3 rings (SSSR count). The minimum atomic E-state index is 0.412. The maximum atomic E-state index is 4.16. The van der Waals surface area contributed by atoms with Crippen molar-refractivity contribution < 1.29 is 0 Å². The molecule has 0 spiro atoms. The summed E-state index contributed by atoms with van der Waals surface area (Å²) in [5.41, 5.74) is 3.63. The van der Waals surface area contributed by atoms with Crippen molar-refractivity contribution in [2.24, 2.45) is 17.3 Å². The molecule has 96 valence electrons. The molecule has 0 amide bonds. The topological polar surface area (TPSA) is 12.9 Å². The van der Waals surface area contributed by atoms with E-state index in [-0.39, 0.29) is 0 Å². The molecule has 1 nitrogen and oxygen atoms in total. The van der Waals surface area contributed by atoms with Gasteiger partial charge in [-0.15, -0.1) is 0 Å². The first-order valence-electron chi connectivity index (χ1n) is 7.20. The molecule has 0 N–H and O–H groups in total. The Morgan fingerprint density at radius 3 is 2.67 bits per heavy atom. The number of hydrogen-bond donors (Lipinski definition) is 0. The van der Waals surface area contributed by atoms with Crippen molar-refractivity contribution in [2.75, 3.05) is 0 Å². The number of pyridine rings is 1. The fraction of sp³-hybridized carbons (Fsp3) is 0.588. The SMILES string of the molecule is CC1CC(C)(C)C2=CCCC(c3ccncc3)C21. The van der Waals surface area contributed by atoms with Gasteiger partial charge in [0.2, 0.25) is 0 Å². The smallest absolute Gasteiger partial charge is 0.0270 e. The Morgan fingerprint density at radius 2 is 1.94 bits per heavy atom. The fourth-order valence-electron chi connectivity index (χ4n) is 4.42. The van der Waals surface area contributed by atoms with E-state index in [1.165, 1.54) is 24.8 Å². The van der Waals surface area contributed by atoms with E-state index in [1.807, 2.05) is 12.4 Å². The lowest BCUT2D eigenvalue weighted by Crippen LogP contribution is -2.22. The minimum Gasteiger partial charge on any atom is -0.265 e. The van der Waals surface area contributed by atoms with Gasteiger partial charge in [-0.05, 0) is 60.1 Å². The van der Waals surface area contributed by atoms with E-state index in [0.29, 0.717) is 11.3 Å². The predicted molar refractivity (Wildman–Crippen MR) is 75.3 cm³/mol. The zero-order valence-electron chi connectivity index (χ0n) is 11.7. The van der Waals surface area contributed by atoms with Crippen LogP contribution in [0.15, 0.2) is 36.2 Å². The third kappa shape index (κ3) is 1.81. The second kappa shape index (κ2) is 4.22. The van der Waals surface area contributed by atoms with Crippen LogP contribution in [-0.4, -0.2) is 4.98 Å². The van der Waals surface area contributed by atoms with Crippen LogP contribution in [0.2, 0.25) is 0 Å². The highest BCUT2D eigenvalue weighted by molar-refractivity contribution is 5.32. The van der Waals surface area contributed by atoms with Gasteiger partial charge in [0.15, 0.2) is 0 Å². The highest BCUT2D eigenvalue weighted by Gasteiger charge is 2.46. The van der Waals surface area contributed by atoms with Gasteiger partial charge in [-0.3, -0.25) is 4.98 Å². The summed E-state index contributed by atoms with van der Waals surface area (Å²) in [7, 11) is 0. The molecular weight excluding hydrogens is 218 g/mol. The average molecular weight is 241 g/mol. The Labute approximate surface area is 110 Å². The summed E-state index contributed by atoms with van der Waals surface area (Å²) in [4.78, 5) is 4.16. The van der Waals surface area contributed by atoms with Gasteiger partial charge in [-0.25, -0.2) is 0 Å². The van der Waals surface area contributed by atoms with Crippen LogP contribution in [0, 0.1) is 17.3 Å². The van der Waals surface area contributed by atoms with Crippen molar-refractivity contribution in [1.82, 2.24) is 4.98 Å². The number of allylic oxidation sites excluding steroid dienone is 2. The fourth-order valence-corrected chi connectivity index (χ4v) is 4.42. The minimum absolute atomic E-state index is 0.412. The number of fused-ring (bicyclic) bond motifs is 1. The largest absolute Gasteiger partial charge is 0.265 e. The molecule has 0 bridgehead atoms. The molecule has 1 aromatic heterocycles. The van der Waals surface area contributed by atoms with Crippen LogP contribution >= 0.6 is 0 Å². The number of nitrogens with zero attached hydrogens (tertiary/aromatic N) is 1. The first-order valence-corrected chi connectivity index (χ1v) is 7.20. The molecule has 1 fully saturated rings. The first-order chi connectivity index (χ1) is 8.59. The number of rotatable bonds is 1. The number of aromatic nitrogens is 1. The summed E-state index contributed by atoms with van der Waals surface area (Å²) < 4.78 is 0. The van der Waals surface area contributed by atoms with E-state index < -0.39 is 0 Å². The highest BCUT2D eigenvalue weighted by Crippen LogP contribution is 2.57. The van der Waals surface area contributed by atoms with Gasteiger partial charge in [0.25, 0.3) is 0 Å². The Balaban J connectivity index is 1.98. The van der Waals surface area contributed by atoms with E-state index in [4.69, 9.17) is 0 Å². The molecular formula is C17H23N. The van der Waals surface area contributed by atoms with Crippen LogP contribution in [0.5, 0.6) is 0 Å². The normalized spacial score (nSPS) is 33.9. The lowest BCUT2D eigenvalue weighted by Gasteiger charge is -2.34. The van der Waals surface area contributed by atoms with Crippen LogP contribution in [0.25, 0.3) is 0 Å². The highest BCUT2D eigenvalue weighted by atomic mass is 14.6. The van der Waals surface area contributed by atoms with Gasteiger partial charge >= 0.3 is 0 Å². The van der Waals surface area contributed by atoms with Crippen LogP contribution in [0.3, 0.4) is 0 Å².